The zero-order valence-corrected chi connectivity index (χ0v) is 31.6. The van der Waals surface area contributed by atoms with Gasteiger partial charge in [-0.1, -0.05) is 121 Å². The largest absolute Gasteiger partial charge is 0.309 e. The van der Waals surface area contributed by atoms with Gasteiger partial charge in [0, 0.05) is 38.6 Å². The van der Waals surface area contributed by atoms with Crippen molar-refractivity contribution in [2.45, 2.75) is 37.5 Å². The van der Waals surface area contributed by atoms with Crippen LogP contribution in [0.1, 0.15) is 43.2 Å². The molecule has 14 rings (SSSR count). The van der Waals surface area contributed by atoms with E-state index in [2.05, 4.69) is 162 Å². The van der Waals surface area contributed by atoms with Crippen molar-refractivity contribution in [2.24, 2.45) is 23.7 Å². The monoisotopic (exact) mass is 732 g/mol. The standard InChI is InChI=1S/C53H40N4/c1-3-12-34(13-4-1)50-54-51(37-22-23-42-41-18-9-10-21-47(41)57(48(42)31-37)40-16-5-2-6-17-40)56-52(55-50)43-19-11-20-45-49(43)44-29-35-14-7-8-15-36(35)30-46(44)53(45)38-25-32-24-33(27-38)28-39(53)26-32/h1-23,29-33,38-39H,24-28H2. The number of benzene rings is 7. The molecule has 4 saturated carbocycles. The van der Waals surface area contributed by atoms with Gasteiger partial charge in [0.1, 0.15) is 0 Å². The molecule has 0 saturated heterocycles. The van der Waals surface area contributed by atoms with Crippen LogP contribution in [0.3, 0.4) is 0 Å². The van der Waals surface area contributed by atoms with Gasteiger partial charge >= 0.3 is 0 Å². The highest BCUT2D eigenvalue weighted by Gasteiger charge is 2.62. The number of nitrogens with zero attached hydrogens (tertiary/aromatic N) is 4. The number of hydrogen-bond donors (Lipinski definition) is 0. The lowest BCUT2D eigenvalue weighted by molar-refractivity contribution is -0.0398. The summed E-state index contributed by atoms with van der Waals surface area (Å²) in [7, 11) is 0. The SMILES string of the molecule is c1ccc(-c2nc(-c3ccc4c5ccccc5n(-c5ccccc5)c4c3)nc(-c3cccc4c3-c3cc5ccccc5cc3C43C4CC5CC(C4)CC3C5)n2)cc1. The van der Waals surface area contributed by atoms with Gasteiger partial charge in [-0.25, -0.2) is 15.0 Å². The predicted octanol–water partition coefficient (Wildman–Crippen LogP) is 12.8. The molecule has 4 nitrogen and oxygen atoms in total. The smallest absolute Gasteiger partial charge is 0.164 e. The van der Waals surface area contributed by atoms with Crippen LogP contribution in [0.15, 0.2) is 158 Å². The molecule has 2 heterocycles. The third-order valence-electron chi connectivity index (χ3n) is 14.4. The quantitative estimate of drug-likeness (QED) is 0.181. The number of rotatable bonds is 4. The van der Waals surface area contributed by atoms with Gasteiger partial charge in [-0.05, 0) is 125 Å². The molecule has 4 fully saturated rings. The Morgan fingerprint density at radius 2 is 1.07 bits per heavy atom. The minimum atomic E-state index is 0.0339. The van der Waals surface area contributed by atoms with E-state index in [1.807, 2.05) is 0 Å². The maximum Gasteiger partial charge on any atom is 0.164 e. The maximum atomic E-state index is 5.47. The second-order valence-corrected chi connectivity index (χ2v) is 17.2. The van der Waals surface area contributed by atoms with Crippen LogP contribution in [0.4, 0.5) is 0 Å². The van der Waals surface area contributed by atoms with E-state index in [9.17, 15) is 0 Å². The van der Waals surface area contributed by atoms with E-state index in [0.717, 1.165) is 45.6 Å². The molecule has 0 radical (unpaired) electrons. The molecule has 0 N–H and O–H groups in total. The summed E-state index contributed by atoms with van der Waals surface area (Å²) in [5.41, 5.74) is 12.3. The fourth-order valence-corrected chi connectivity index (χ4v) is 12.4. The topological polar surface area (TPSA) is 43.6 Å². The highest BCUT2D eigenvalue weighted by atomic mass is 15.0. The molecule has 9 aromatic rings. The van der Waals surface area contributed by atoms with Crippen molar-refractivity contribution >= 4 is 32.6 Å². The summed E-state index contributed by atoms with van der Waals surface area (Å²) in [6, 6.07) is 57.5. The second kappa shape index (κ2) is 11.8. The highest BCUT2D eigenvalue weighted by molar-refractivity contribution is 6.10. The molecule has 57 heavy (non-hydrogen) atoms. The van der Waals surface area contributed by atoms with Crippen molar-refractivity contribution in [2.75, 3.05) is 0 Å². The molecule has 5 aliphatic rings. The molecule has 0 atom stereocenters. The molecule has 4 bridgehead atoms. The Kier molecular flexibility index (Phi) is 6.59. The lowest BCUT2D eigenvalue weighted by Crippen LogP contribution is -2.55. The Labute approximate surface area is 331 Å². The van der Waals surface area contributed by atoms with E-state index in [4.69, 9.17) is 15.0 Å². The van der Waals surface area contributed by atoms with Crippen molar-refractivity contribution in [3.63, 3.8) is 0 Å². The molecular weight excluding hydrogens is 693 g/mol. The van der Waals surface area contributed by atoms with Gasteiger partial charge in [0.05, 0.1) is 11.0 Å². The van der Waals surface area contributed by atoms with Crippen LogP contribution < -0.4 is 0 Å². The fraction of sp³-hybridized carbons (Fsp3) is 0.189. The second-order valence-electron chi connectivity index (χ2n) is 17.2. The minimum absolute atomic E-state index is 0.0339. The van der Waals surface area contributed by atoms with E-state index in [-0.39, 0.29) is 5.41 Å². The van der Waals surface area contributed by atoms with Crippen molar-refractivity contribution < 1.29 is 0 Å². The Bertz CT molecular complexity index is 3060. The van der Waals surface area contributed by atoms with Crippen molar-refractivity contribution in [1.82, 2.24) is 19.5 Å². The van der Waals surface area contributed by atoms with Crippen molar-refractivity contribution in [1.29, 1.82) is 0 Å². The van der Waals surface area contributed by atoms with Crippen LogP contribution in [0.2, 0.25) is 0 Å². The highest BCUT2D eigenvalue weighted by Crippen LogP contribution is 2.70. The molecule has 5 aliphatic carbocycles. The van der Waals surface area contributed by atoms with Crippen molar-refractivity contribution in [3.05, 3.63) is 169 Å². The van der Waals surface area contributed by atoms with E-state index < -0.39 is 0 Å². The first-order valence-electron chi connectivity index (χ1n) is 20.8. The predicted molar refractivity (Wildman–Crippen MR) is 231 cm³/mol. The van der Waals surface area contributed by atoms with Crippen LogP contribution in [0.25, 0.3) is 83.6 Å². The zero-order chi connectivity index (χ0) is 37.2. The summed E-state index contributed by atoms with van der Waals surface area (Å²) in [5.74, 6) is 5.21. The summed E-state index contributed by atoms with van der Waals surface area (Å²) < 4.78 is 2.37. The van der Waals surface area contributed by atoms with E-state index in [1.54, 1.807) is 5.56 Å². The summed E-state index contributed by atoms with van der Waals surface area (Å²) in [4.78, 5) is 16.1. The number of para-hydroxylation sites is 2. The molecule has 0 aliphatic heterocycles. The van der Waals surface area contributed by atoms with Gasteiger partial charge in [-0.15, -0.1) is 0 Å². The summed E-state index contributed by atoms with van der Waals surface area (Å²) in [6.07, 6.45) is 6.82. The van der Waals surface area contributed by atoms with E-state index in [0.29, 0.717) is 23.5 Å². The number of fused-ring (bicyclic) bond motifs is 7. The van der Waals surface area contributed by atoms with Crippen LogP contribution >= 0.6 is 0 Å². The zero-order valence-electron chi connectivity index (χ0n) is 31.6. The molecule has 0 amide bonds. The first-order valence-corrected chi connectivity index (χ1v) is 20.8. The van der Waals surface area contributed by atoms with Crippen molar-refractivity contribution in [3.8, 4) is 51.0 Å². The van der Waals surface area contributed by atoms with E-state index in [1.165, 1.54) is 75.9 Å². The summed E-state index contributed by atoms with van der Waals surface area (Å²) >= 11 is 0. The van der Waals surface area contributed by atoms with Crippen LogP contribution in [0.5, 0.6) is 0 Å². The fourth-order valence-electron chi connectivity index (χ4n) is 12.4. The molecule has 272 valence electrons. The van der Waals surface area contributed by atoms with Gasteiger partial charge in [0.2, 0.25) is 0 Å². The Morgan fingerprint density at radius 3 is 1.84 bits per heavy atom. The normalized spacial score (nSPS) is 22.8. The summed E-state index contributed by atoms with van der Waals surface area (Å²) in [5, 5.41) is 5.08. The van der Waals surface area contributed by atoms with Gasteiger partial charge in [0.15, 0.2) is 17.5 Å². The average molecular weight is 733 g/mol. The molecule has 7 aromatic carbocycles. The molecule has 0 unspecified atom stereocenters. The van der Waals surface area contributed by atoms with Gasteiger partial charge in [-0.2, -0.15) is 0 Å². The van der Waals surface area contributed by atoms with Crippen LogP contribution in [0, 0.1) is 23.7 Å². The third kappa shape index (κ3) is 4.47. The van der Waals surface area contributed by atoms with Gasteiger partial charge < -0.3 is 4.57 Å². The Hall–Kier alpha value is -6.39. The number of hydrogen-bond acceptors (Lipinski definition) is 3. The molecule has 4 heteroatoms. The summed E-state index contributed by atoms with van der Waals surface area (Å²) in [6.45, 7) is 0. The van der Waals surface area contributed by atoms with Crippen LogP contribution in [-0.2, 0) is 5.41 Å². The first-order chi connectivity index (χ1) is 28.2. The molecule has 2 aromatic heterocycles. The lowest BCUT2D eigenvalue weighted by atomic mass is 9.43. The minimum Gasteiger partial charge on any atom is -0.309 e. The first kappa shape index (κ1) is 31.8. The van der Waals surface area contributed by atoms with Gasteiger partial charge in [-0.3, -0.25) is 0 Å². The van der Waals surface area contributed by atoms with E-state index >= 15 is 0 Å². The molecule has 1 spiro atoms. The maximum absolute atomic E-state index is 5.47. The Balaban J connectivity index is 1.06. The Morgan fingerprint density at radius 1 is 0.439 bits per heavy atom. The van der Waals surface area contributed by atoms with Crippen LogP contribution in [-0.4, -0.2) is 19.5 Å². The van der Waals surface area contributed by atoms with Gasteiger partial charge in [0.25, 0.3) is 0 Å². The average Bonchev–Trinajstić information content (AvgIpc) is 3.75. The third-order valence-corrected chi connectivity index (χ3v) is 14.4. The molecular formula is C53H40N4. The number of aromatic nitrogens is 4. The lowest BCUT2D eigenvalue weighted by Gasteiger charge is -2.61.